The molecule has 4 aromatic rings. The number of nitrogens with zero attached hydrogens (tertiary/aromatic N) is 1. The summed E-state index contributed by atoms with van der Waals surface area (Å²) in [6.45, 7) is 2.34. The summed E-state index contributed by atoms with van der Waals surface area (Å²) in [4.78, 5) is 28.2. The maximum atomic E-state index is 13.5. The molecule has 0 saturated carbocycles. The molecule has 1 aliphatic heterocycles. The van der Waals surface area contributed by atoms with Crippen LogP contribution >= 0.6 is 0 Å². The predicted octanol–water partition coefficient (Wildman–Crippen LogP) is 5.16. The van der Waals surface area contributed by atoms with Crippen molar-refractivity contribution in [1.29, 1.82) is 0 Å². The molecule has 1 N–H and O–H groups in total. The van der Waals surface area contributed by atoms with Crippen LogP contribution in [0.4, 0.5) is 5.69 Å². The highest BCUT2D eigenvalue weighted by Gasteiger charge is 2.50. The standard InChI is InChI=1S/C28H23NO3/c1-19-7-6-8-20(15-19)18-29-25-12-5-4-11-24(25)28(32,27(29)31)17-26(30)23-14-13-21-9-2-3-10-22(21)16-23/h2-16,32H,17-18H2,1H3. The highest BCUT2D eigenvalue weighted by atomic mass is 16.3. The van der Waals surface area contributed by atoms with E-state index < -0.39 is 11.5 Å². The number of hydrogen-bond donors (Lipinski definition) is 1. The molecule has 1 heterocycles. The molecule has 0 spiro atoms. The van der Waals surface area contributed by atoms with Gasteiger partial charge in [0.25, 0.3) is 5.91 Å². The third-order valence-corrected chi connectivity index (χ3v) is 6.15. The second-order valence-electron chi connectivity index (χ2n) is 8.42. The van der Waals surface area contributed by atoms with Crippen molar-refractivity contribution in [1.82, 2.24) is 0 Å². The van der Waals surface area contributed by atoms with Crippen molar-refractivity contribution in [2.45, 2.75) is 25.5 Å². The van der Waals surface area contributed by atoms with Crippen molar-refractivity contribution in [2.24, 2.45) is 0 Å². The van der Waals surface area contributed by atoms with Gasteiger partial charge in [-0.3, -0.25) is 9.59 Å². The Labute approximate surface area is 186 Å². The van der Waals surface area contributed by atoms with Gasteiger partial charge >= 0.3 is 0 Å². The number of ketones is 1. The minimum Gasteiger partial charge on any atom is -0.375 e. The molecule has 158 valence electrons. The van der Waals surface area contributed by atoms with Crippen molar-refractivity contribution in [3.8, 4) is 0 Å². The summed E-state index contributed by atoms with van der Waals surface area (Å²) in [7, 11) is 0. The maximum Gasteiger partial charge on any atom is 0.264 e. The van der Waals surface area contributed by atoms with E-state index in [9.17, 15) is 14.7 Å². The minimum absolute atomic E-state index is 0.265. The summed E-state index contributed by atoms with van der Waals surface area (Å²) in [6.07, 6.45) is -0.300. The molecule has 1 aliphatic rings. The summed E-state index contributed by atoms with van der Waals surface area (Å²) in [6, 6.07) is 28.4. The van der Waals surface area contributed by atoms with Crippen LogP contribution in [0.25, 0.3) is 10.8 Å². The van der Waals surface area contributed by atoms with Gasteiger partial charge in [-0.15, -0.1) is 0 Å². The zero-order chi connectivity index (χ0) is 22.3. The number of anilines is 1. The molecule has 0 aliphatic carbocycles. The number of rotatable bonds is 5. The monoisotopic (exact) mass is 421 g/mol. The van der Waals surface area contributed by atoms with E-state index in [0.717, 1.165) is 21.9 Å². The lowest BCUT2D eigenvalue weighted by Crippen LogP contribution is -2.41. The first-order valence-corrected chi connectivity index (χ1v) is 10.7. The molecule has 4 nitrogen and oxygen atoms in total. The number of amides is 1. The van der Waals surface area contributed by atoms with Crippen molar-refractivity contribution < 1.29 is 14.7 Å². The van der Waals surface area contributed by atoms with E-state index in [1.807, 2.05) is 79.7 Å². The summed E-state index contributed by atoms with van der Waals surface area (Å²) in [5.74, 6) is -0.729. The van der Waals surface area contributed by atoms with Crippen LogP contribution in [0.15, 0.2) is 91.0 Å². The third kappa shape index (κ3) is 3.39. The normalized spacial score (nSPS) is 17.6. The highest BCUT2D eigenvalue weighted by molar-refractivity contribution is 6.11. The largest absolute Gasteiger partial charge is 0.375 e. The van der Waals surface area contributed by atoms with E-state index >= 15 is 0 Å². The lowest BCUT2D eigenvalue weighted by molar-refractivity contribution is -0.136. The quantitative estimate of drug-likeness (QED) is 0.453. The molecule has 0 saturated heterocycles. The smallest absolute Gasteiger partial charge is 0.264 e. The Hall–Kier alpha value is -3.76. The van der Waals surface area contributed by atoms with Crippen LogP contribution in [0.1, 0.15) is 33.5 Å². The molecule has 0 aromatic heterocycles. The van der Waals surface area contributed by atoms with Gasteiger partial charge in [0, 0.05) is 11.1 Å². The molecule has 0 fully saturated rings. The fraction of sp³-hybridized carbons (Fsp3) is 0.143. The molecule has 0 bridgehead atoms. The molecular formula is C28H23NO3. The van der Waals surface area contributed by atoms with Crippen molar-refractivity contribution in [3.05, 3.63) is 113 Å². The van der Waals surface area contributed by atoms with E-state index in [0.29, 0.717) is 23.4 Å². The molecular weight excluding hydrogens is 398 g/mol. The minimum atomic E-state index is -1.89. The van der Waals surface area contributed by atoms with Gasteiger partial charge in [0.2, 0.25) is 0 Å². The number of benzene rings is 4. The fourth-order valence-electron chi connectivity index (χ4n) is 4.52. The molecule has 4 heteroatoms. The zero-order valence-corrected chi connectivity index (χ0v) is 17.8. The first-order valence-electron chi connectivity index (χ1n) is 10.7. The second kappa shape index (κ2) is 7.74. The molecule has 1 unspecified atom stereocenters. The van der Waals surface area contributed by atoms with Crippen LogP contribution in [0.5, 0.6) is 0 Å². The Balaban J connectivity index is 1.48. The van der Waals surface area contributed by atoms with Gasteiger partial charge in [-0.1, -0.05) is 84.4 Å². The zero-order valence-electron chi connectivity index (χ0n) is 17.8. The van der Waals surface area contributed by atoms with Crippen molar-refractivity contribution in [2.75, 3.05) is 4.90 Å². The molecule has 32 heavy (non-hydrogen) atoms. The Morgan fingerprint density at radius 1 is 0.875 bits per heavy atom. The second-order valence-corrected chi connectivity index (χ2v) is 8.42. The predicted molar refractivity (Wildman–Crippen MR) is 126 cm³/mol. The number of aryl methyl sites for hydroxylation is 1. The lowest BCUT2D eigenvalue weighted by atomic mass is 9.88. The average molecular weight is 421 g/mol. The lowest BCUT2D eigenvalue weighted by Gasteiger charge is -2.23. The molecule has 0 radical (unpaired) electrons. The van der Waals surface area contributed by atoms with Crippen LogP contribution in [-0.2, 0) is 16.9 Å². The number of carbonyl (C=O) groups is 2. The Kier molecular flexibility index (Phi) is 4.87. The highest BCUT2D eigenvalue weighted by Crippen LogP contribution is 2.43. The number of fused-ring (bicyclic) bond motifs is 2. The van der Waals surface area contributed by atoms with Gasteiger partial charge < -0.3 is 10.0 Å². The van der Waals surface area contributed by atoms with Crippen LogP contribution in [-0.4, -0.2) is 16.8 Å². The van der Waals surface area contributed by atoms with Crippen molar-refractivity contribution in [3.63, 3.8) is 0 Å². The summed E-state index contributed by atoms with van der Waals surface area (Å²) in [5.41, 5.74) is 1.80. The summed E-state index contributed by atoms with van der Waals surface area (Å²) in [5, 5.41) is 13.5. The molecule has 1 amide bonds. The summed E-state index contributed by atoms with van der Waals surface area (Å²) >= 11 is 0. The summed E-state index contributed by atoms with van der Waals surface area (Å²) < 4.78 is 0. The first-order chi connectivity index (χ1) is 15.5. The van der Waals surface area contributed by atoms with E-state index in [2.05, 4.69) is 0 Å². The number of Topliss-reactive ketones (excluding diaryl/α,β-unsaturated/α-hetero) is 1. The maximum absolute atomic E-state index is 13.5. The SMILES string of the molecule is Cc1cccc(CN2C(=O)C(O)(CC(=O)c3ccc4ccccc4c3)c3ccccc32)c1. The Bertz CT molecular complexity index is 1360. The molecule has 5 rings (SSSR count). The first kappa shape index (κ1) is 20.2. The van der Waals surface area contributed by atoms with E-state index in [1.165, 1.54) is 0 Å². The average Bonchev–Trinajstić information content (AvgIpc) is 3.01. The Morgan fingerprint density at radius 3 is 2.44 bits per heavy atom. The topological polar surface area (TPSA) is 57.6 Å². The number of hydrogen-bond acceptors (Lipinski definition) is 3. The Morgan fingerprint density at radius 2 is 1.62 bits per heavy atom. The van der Waals surface area contributed by atoms with Crippen LogP contribution in [0.3, 0.4) is 0 Å². The van der Waals surface area contributed by atoms with Gasteiger partial charge in [-0.25, -0.2) is 0 Å². The van der Waals surface area contributed by atoms with Crippen LogP contribution in [0, 0.1) is 6.92 Å². The van der Waals surface area contributed by atoms with E-state index in [4.69, 9.17) is 0 Å². The molecule has 1 atom stereocenters. The number of aliphatic hydroxyl groups is 1. The molecule has 4 aromatic carbocycles. The van der Waals surface area contributed by atoms with Crippen molar-refractivity contribution >= 4 is 28.2 Å². The fourth-order valence-corrected chi connectivity index (χ4v) is 4.52. The van der Waals surface area contributed by atoms with E-state index in [1.54, 1.807) is 23.1 Å². The van der Waals surface area contributed by atoms with Gasteiger partial charge in [0.05, 0.1) is 18.7 Å². The van der Waals surface area contributed by atoms with Crippen LogP contribution in [0.2, 0.25) is 0 Å². The van der Waals surface area contributed by atoms with E-state index in [-0.39, 0.29) is 12.2 Å². The number of para-hydroxylation sites is 1. The van der Waals surface area contributed by atoms with Gasteiger partial charge in [0.1, 0.15) is 0 Å². The van der Waals surface area contributed by atoms with Crippen LogP contribution < -0.4 is 4.90 Å². The van der Waals surface area contributed by atoms with Gasteiger partial charge in [-0.2, -0.15) is 0 Å². The van der Waals surface area contributed by atoms with Gasteiger partial charge in [0.15, 0.2) is 11.4 Å². The third-order valence-electron chi connectivity index (χ3n) is 6.15. The number of carbonyl (C=O) groups excluding carboxylic acids is 2. The van der Waals surface area contributed by atoms with Gasteiger partial charge in [-0.05, 0) is 35.4 Å².